The first kappa shape index (κ1) is 16.4. The number of benzene rings is 2. The van der Waals surface area contributed by atoms with Gasteiger partial charge >= 0.3 is 6.03 Å². The Balaban J connectivity index is 1.88. The van der Waals surface area contributed by atoms with Gasteiger partial charge in [0.2, 0.25) is 0 Å². The third-order valence-electron chi connectivity index (χ3n) is 3.74. The number of hydrogen-bond donors (Lipinski definition) is 1. The number of hydrogen-bond acceptors (Lipinski definition) is 3. The van der Waals surface area contributed by atoms with E-state index in [4.69, 9.17) is 0 Å². The maximum Gasteiger partial charge on any atom is 0.335 e. The van der Waals surface area contributed by atoms with Gasteiger partial charge in [-0.25, -0.2) is 9.69 Å². The summed E-state index contributed by atoms with van der Waals surface area (Å²) in [6.45, 7) is 1.91. The minimum Gasteiger partial charge on any atom is -0.273 e. The average molecular weight is 332 g/mol. The predicted octanol–water partition coefficient (Wildman–Crippen LogP) is 3.22. The molecule has 0 aliphatic carbocycles. The third kappa shape index (κ3) is 3.55. The molecule has 25 heavy (non-hydrogen) atoms. The second kappa shape index (κ2) is 6.97. The van der Waals surface area contributed by atoms with E-state index in [2.05, 4.69) is 5.32 Å². The molecule has 0 bridgehead atoms. The van der Waals surface area contributed by atoms with Crippen molar-refractivity contribution in [3.05, 3.63) is 83.4 Å². The molecule has 5 heteroatoms. The van der Waals surface area contributed by atoms with E-state index in [1.165, 1.54) is 6.08 Å². The van der Waals surface area contributed by atoms with Crippen molar-refractivity contribution in [2.24, 2.45) is 0 Å². The molecule has 0 radical (unpaired) electrons. The van der Waals surface area contributed by atoms with Crippen molar-refractivity contribution in [1.29, 1.82) is 0 Å². The fraction of sp³-hybridized carbons (Fsp3) is 0.0500. The van der Waals surface area contributed by atoms with Crippen LogP contribution >= 0.6 is 0 Å². The fourth-order valence-corrected chi connectivity index (χ4v) is 2.43. The molecule has 0 unspecified atom stereocenters. The van der Waals surface area contributed by atoms with Crippen LogP contribution in [0.15, 0.2) is 72.3 Å². The zero-order valence-electron chi connectivity index (χ0n) is 13.6. The molecule has 0 spiro atoms. The van der Waals surface area contributed by atoms with Crippen molar-refractivity contribution in [2.75, 3.05) is 4.90 Å². The van der Waals surface area contributed by atoms with Gasteiger partial charge in [-0.15, -0.1) is 0 Å². The van der Waals surface area contributed by atoms with E-state index in [9.17, 15) is 14.4 Å². The number of urea groups is 1. The molecule has 1 saturated heterocycles. The summed E-state index contributed by atoms with van der Waals surface area (Å²) >= 11 is 0. The first-order valence-corrected chi connectivity index (χ1v) is 7.76. The van der Waals surface area contributed by atoms with Gasteiger partial charge in [-0.1, -0.05) is 60.2 Å². The van der Waals surface area contributed by atoms with Crippen molar-refractivity contribution >= 4 is 29.6 Å². The lowest BCUT2D eigenvalue weighted by atomic mass is 10.1. The Kier molecular flexibility index (Phi) is 4.57. The summed E-state index contributed by atoms with van der Waals surface area (Å²) < 4.78 is 0. The maximum atomic E-state index is 12.6. The van der Waals surface area contributed by atoms with Gasteiger partial charge in [-0.3, -0.25) is 14.9 Å². The number of carbonyl (C=O) groups is 3. The molecule has 1 heterocycles. The summed E-state index contributed by atoms with van der Waals surface area (Å²) in [5.74, 6) is -1.34. The third-order valence-corrected chi connectivity index (χ3v) is 3.74. The van der Waals surface area contributed by atoms with Crippen molar-refractivity contribution in [1.82, 2.24) is 5.32 Å². The number of imide groups is 2. The molecule has 1 fully saturated rings. The van der Waals surface area contributed by atoms with Crippen molar-refractivity contribution < 1.29 is 14.4 Å². The van der Waals surface area contributed by atoms with Gasteiger partial charge in [-0.05, 0) is 30.7 Å². The van der Waals surface area contributed by atoms with Gasteiger partial charge in [0, 0.05) is 0 Å². The first-order valence-electron chi connectivity index (χ1n) is 7.76. The van der Waals surface area contributed by atoms with E-state index in [1.807, 2.05) is 37.3 Å². The summed E-state index contributed by atoms with van der Waals surface area (Å²) in [7, 11) is 0. The summed E-state index contributed by atoms with van der Waals surface area (Å²) in [6.07, 6.45) is 4.81. The van der Waals surface area contributed by atoms with Crippen molar-refractivity contribution in [3.8, 4) is 0 Å². The Labute approximate surface area is 145 Å². The summed E-state index contributed by atoms with van der Waals surface area (Å²) in [4.78, 5) is 37.7. The monoisotopic (exact) mass is 332 g/mol. The zero-order valence-corrected chi connectivity index (χ0v) is 13.6. The van der Waals surface area contributed by atoms with Gasteiger partial charge in [-0.2, -0.15) is 0 Å². The van der Waals surface area contributed by atoms with Crippen molar-refractivity contribution in [2.45, 2.75) is 6.92 Å². The Morgan fingerprint density at radius 2 is 1.60 bits per heavy atom. The Morgan fingerprint density at radius 3 is 2.28 bits per heavy atom. The van der Waals surface area contributed by atoms with E-state index < -0.39 is 17.8 Å². The molecule has 0 atom stereocenters. The molecule has 3 rings (SSSR count). The number of nitrogens with zero attached hydrogens (tertiary/aromatic N) is 1. The summed E-state index contributed by atoms with van der Waals surface area (Å²) in [5, 5.41) is 2.20. The topological polar surface area (TPSA) is 66.5 Å². The quantitative estimate of drug-likeness (QED) is 0.693. The second-order valence-corrected chi connectivity index (χ2v) is 5.59. The minimum atomic E-state index is -0.747. The Bertz CT molecular complexity index is 881. The highest BCUT2D eigenvalue weighted by Gasteiger charge is 2.36. The second-order valence-electron chi connectivity index (χ2n) is 5.59. The lowest BCUT2D eigenvalue weighted by molar-refractivity contribution is -0.122. The van der Waals surface area contributed by atoms with Crippen LogP contribution in [0.25, 0.3) is 6.08 Å². The molecule has 4 amide bonds. The number of allylic oxidation sites excluding steroid dienone is 2. The summed E-state index contributed by atoms with van der Waals surface area (Å²) in [5.41, 5.74) is 2.27. The van der Waals surface area contributed by atoms with Crippen LogP contribution in [0.3, 0.4) is 0 Å². The van der Waals surface area contributed by atoms with Gasteiger partial charge in [0.15, 0.2) is 0 Å². The lowest BCUT2D eigenvalue weighted by Crippen LogP contribution is -2.54. The van der Waals surface area contributed by atoms with E-state index >= 15 is 0 Å². The highest BCUT2D eigenvalue weighted by molar-refractivity contribution is 6.37. The standard InChI is InChI=1S/C20H16N2O3/c1-14-10-12-16(13-11-14)22-19(24)17(18(23)21-20(22)25)9-5-8-15-6-3-2-4-7-15/h2-13H,1H3,(H,21,23,25)/b8-5+,17-9+. The SMILES string of the molecule is Cc1ccc(N2C(=O)NC(=O)/C(=C\C=C\c3ccccc3)C2=O)cc1. The largest absolute Gasteiger partial charge is 0.335 e. The van der Waals surface area contributed by atoms with Crippen LogP contribution < -0.4 is 10.2 Å². The molecule has 2 aromatic carbocycles. The van der Waals surface area contributed by atoms with E-state index in [1.54, 1.807) is 36.4 Å². The lowest BCUT2D eigenvalue weighted by Gasteiger charge is -2.26. The van der Waals surface area contributed by atoms with Crippen LogP contribution in [0.2, 0.25) is 0 Å². The normalized spacial score (nSPS) is 16.6. The summed E-state index contributed by atoms with van der Waals surface area (Å²) in [6, 6.07) is 15.7. The van der Waals surface area contributed by atoms with Crippen molar-refractivity contribution in [3.63, 3.8) is 0 Å². The predicted molar refractivity (Wildman–Crippen MR) is 95.8 cm³/mol. The number of anilines is 1. The molecule has 124 valence electrons. The molecule has 1 aliphatic rings. The van der Waals surface area contributed by atoms with E-state index in [0.29, 0.717) is 5.69 Å². The molecule has 5 nitrogen and oxygen atoms in total. The van der Waals surface area contributed by atoms with Crippen LogP contribution in [0, 0.1) is 6.92 Å². The molecular weight excluding hydrogens is 316 g/mol. The number of nitrogens with one attached hydrogen (secondary N) is 1. The number of amides is 4. The van der Waals surface area contributed by atoms with Gasteiger partial charge in [0.1, 0.15) is 5.57 Å². The van der Waals surface area contributed by atoms with Gasteiger partial charge in [0.05, 0.1) is 5.69 Å². The fourth-order valence-electron chi connectivity index (χ4n) is 2.43. The Hall–Kier alpha value is -3.47. The number of aryl methyl sites for hydroxylation is 1. The van der Waals surface area contributed by atoms with Crippen LogP contribution in [-0.4, -0.2) is 17.8 Å². The molecule has 0 aromatic heterocycles. The number of carbonyl (C=O) groups excluding carboxylic acids is 3. The average Bonchev–Trinajstić information content (AvgIpc) is 2.60. The van der Waals surface area contributed by atoms with E-state index in [-0.39, 0.29) is 5.57 Å². The van der Waals surface area contributed by atoms with Gasteiger partial charge in [0.25, 0.3) is 11.8 Å². The molecule has 1 aliphatic heterocycles. The molecule has 1 N–H and O–H groups in total. The van der Waals surface area contributed by atoms with Crippen LogP contribution in [0.1, 0.15) is 11.1 Å². The highest BCUT2D eigenvalue weighted by Crippen LogP contribution is 2.21. The number of barbiturate groups is 1. The molecular formula is C20H16N2O3. The highest BCUT2D eigenvalue weighted by atomic mass is 16.2. The minimum absolute atomic E-state index is 0.0904. The van der Waals surface area contributed by atoms with Crippen LogP contribution in [0.4, 0.5) is 10.5 Å². The van der Waals surface area contributed by atoms with E-state index in [0.717, 1.165) is 16.0 Å². The zero-order chi connectivity index (χ0) is 17.8. The molecule has 0 saturated carbocycles. The molecule has 2 aromatic rings. The Morgan fingerprint density at radius 1 is 0.920 bits per heavy atom. The van der Waals surface area contributed by atoms with Crippen LogP contribution in [-0.2, 0) is 9.59 Å². The van der Waals surface area contributed by atoms with Crippen LogP contribution in [0.5, 0.6) is 0 Å². The van der Waals surface area contributed by atoms with Gasteiger partial charge < -0.3 is 0 Å². The maximum absolute atomic E-state index is 12.6. The number of rotatable bonds is 3. The first-order chi connectivity index (χ1) is 12.1. The smallest absolute Gasteiger partial charge is 0.273 e.